The van der Waals surface area contributed by atoms with E-state index < -0.39 is 15.8 Å². The molecule has 0 spiro atoms. The average molecular weight is 359 g/mol. The molecule has 0 unspecified atom stereocenters. The second-order valence-corrected chi connectivity index (χ2v) is 6.91. The van der Waals surface area contributed by atoms with Gasteiger partial charge in [0.25, 0.3) is 10.0 Å². The van der Waals surface area contributed by atoms with E-state index in [1.54, 1.807) is 13.0 Å². The molecule has 2 aromatic rings. The zero-order valence-corrected chi connectivity index (χ0v) is 12.9. The molecule has 3 N–H and O–H groups in total. The Morgan fingerprint density at radius 3 is 2.55 bits per heavy atom. The summed E-state index contributed by atoms with van der Waals surface area (Å²) in [4.78, 5) is -0.00521. The second-order valence-electron chi connectivity index (χ2n) is 4.31. The third-order valence-electron chi connectivity index (χ3n) is 2.56. The van der Waals surface area contributed by atoms with Crippen molar-refractivity contribution in [1.82, 2.24) is 0 Å². The molecular weight excluding hydrogens is 347 g/mol. The Kier molecular flexibility index (Phi) is 4.01. The molecule has 0 saturated carbocycles. The van der Waals surface area contributed by atoms with Crippen LogP contribution in [0.25, 0.3) is 0 Å². The fourth-order valence-corrected chi connectivity index (χ4v) is 3.27. The summed E-state index contributed by atoms with van der Waals surface area (Å²) < 4.78 is 40.8. The van der Waals surface area contributed by atoms with Gasteiger partial charge < -0.3 is 5.73 Å². The molecule has 4 nitrogen and oxygen atoms in total. The van der Waals surface area contributed by atoms with E-state index >= 15 is 0 Å². The van der Waals surface area contributed by atoms with Gasteiger partial charge in [0.05, 0.1) is 10.6 Å². The Bertz CT molecular complexity index is 743. The van der Waals surface area contributed by atoms with Gasteiger partial charge in [-0.25, -0.2) is 12.8 Å². The van der Waals surface area contributed by atoms with Crippen molar-refractivity contribution >= 4 is 37.3 Å². The lowest BCUT2D eigenvalue weighted by atomic mass is 10.2. The molecule has 0 aromatic heterocycles. The van der Waals surface area contributed by atoms with Crippen LogP contribution < -0.4 is 10.5 Å². The third-order valence-corrected chi connectivity index (χ3v) is 4.39. The maximum Gasteiger partial charge on any atom is 0.262 e. The smallest absolute Gasteiger partial charge is 0.262 e. The second kappa shape index (κ2) is 5.41. The largest absolute Gasteiger partial charge is 0.399 e. The number of hydrogen-bond donors (Lipinski definition) is 2. The third kappa shape index (κ3) is 3.29. The number of hydrogen-bond acceptors (Lipinski definition) is 3. The molecule has 0 aliphatic heterocycles. The van der Waals surface area contributed by atoms with Gasteiger partial charge in [0.15, 0.2) is 0 Å². The van der Waals surface area contributed by atoms with Crippen molar-refractivity contribution in [3.8, 4) is 0 Å². The summed E-state index contributed by atoms with van der Waals surface area (Å²) in [5.41, 5.74) is 6.55. The van der Waals surface area contributed by atoms with Crippen molar-refractivity contribution in [2.75, 3.05) is 10.5 Å². The summed E-state index contributed by atoms with van der Waals surface area (Å²) >= 11 is 3.16. The number of benzene rings is 2. The monoisotopic (exact) mass is 358 g/mol. The van der Waals surface area contributed by atoms with E-state index in [1.807, 2.05) is 0 Å². The van der Waals surface area contributed by atoms with Crippen molar-refractivity contribution in [2.45, 2.75) is 11.8 Å². The Balaban J connectivity index is 2.43. The van der Waals surface area contributed by atoms with E-state index in [0.29, 0.717) is 15.7 Å². The van der Waals surface area contributed by atoms with Gasteiger partial charge >= 0.3 is 0 Å². The lowest BCUT2D eigenvalue weighted by Crippen LogP contribution is -2.14. The summed E-state index contributed by atoms with van der Waals surface area (Å²) in [5.74, 6) is -0.655. The van der Waals surface area contributed by atoms with Gasteiger partial charge in [-0.1, -0.05) is 15.9 Å². The van der Waals surface area contributed by atoms with Crippen LogP contribution in [0.1, 0.15) is 5.56 Å². The normalized spacial score (nSPS) is 11.3. The number of nitrogens with one attached hydrogen (secondary N) is 1. The predicted molar refractivity (Wildman–Crippen MR) is 80.5 cm³/mol. The first kappa shape index (κ1) is 14.8. The maximum atomic E-state index is 13.6. The minimum absolute atomic E-state index is 0.00521. The molecule has 0 heterocycles. The number of aryl methyl sites for hydroxylation is 1. The summed E-state index contributed by atoms with van der Waals surface area (Å²) in [6, 6.07) is 8.45. The predicted octanol–water partition coefficient (Wildman–Crippen LogP) is 3.28. The molecule has 2 rings (SSSR count). The number of sulfonamides is 1. The zero-order valence-electron chi connectivity index (χ0n) is 10.5. The minimum Gasteiger partial charge on any atom is -0.399 e. The Morgan fingerprint density at radius 2 is 1.90 bits per heavy atom. The number of nitrogens with two attached hydrogens (primary N) is 1. The van der Waals surface area contributed by atoms with Crippen LogP contribution in [0.15, 0.2) is 45.8 Å². The van der Waals surface area contributed by atoms with Crippen LogP contribution in [0.5, 0.6) is 0 Å². The molecule has 0 atom stereocenters. The molecule has 2 aromatic carbocycles. The Labute approximate surface area is 125 Å². The highest BCUT2D eigenvalue weighted by atomic mass is 79.9. The standard InChI is InChI=1S/C13H12BrFN2O2S/c1-8-4-10(16)7-11(5-8)20(18,19)17-13-6-9(14)2-3-12(13)15/h2-7,17H,16H2,1H3. The van der Waals surface area contributed by atoms with E-state index in [0.717, 1.165) is 0 Å². The molecule has 0 amide bonds. The van der Waals surface area contributed by atoms with Crippen molar-refractivity contribution in [3.05, 3.63) is 52.3 Å². The van der Waals surface area contributed by atoms with Crippen molar-refractivity contribution < 1.29 is 12.8 Å². The van der Waals surface area contributed by atoms with Gasteiger partial charge in [0.1, 0.15) is 5.82 Å². The quantitative estimate of drug-likeness (QED) is 0.827. The molecule has 0 saturated heterocycles. The number of nitrogen functional groups attached to an aromatic ring is 1. The molecule has 0 radical (unpaired) electrons. The average Bonchev–Trinajstić information content (AvgIpc) is 2.32. The van der Waals surface area contributed by atoms with Gasteiger partial charge in [-0.15, -0.1) is 0 Å². The molecule has 0 aliphatic rings. The van der Waals surface area contributed by atoms with Crippen LogP contribution in [0.2, 0.25) is 0 Å². The summed E-state index contributed by atoms with van der Waals surface area (Å²) in [5, 5.41) is 0. The zero-order chi connectivity index (χ0) is 14.9. The van der Waals surface area contributed by atoms with Crippen molar-refractivity contribution in [2.24, 2.45) is 0 Å². The van der Waals surface area contributed by atoms with Crippen molar-refractivity contribution in [1.29, 1.82) is 0 Å². The highest BCUT2D eigenvalue weighted by Crippen LogP contribution is 2.24. The van der Waals surface area contributed by atoms with E-state index in [4.69, 9.17) is 5.73 Å². The molecule has 0 aliphatic carbocycles. The van der Waals surface area contributed by atoms with Crippen LogP contribution in [0.4, 0.5) is 15.8 Å². The lowest BCUT2D eigenvalue weighted by Gasteiger charge is -2.10. The topological polar surface area (TPSA) is 72.2 Å². The first-order valence-corrected chi connectivity index (χ1v) is 7.90. The fourth-order valence-electron chi connectivity index (χ4n) is 1.71. The van der Waals surface area contributed by atoms with E-state index in [1.165, 1.54) is 30.3 Å². The Hall–Kier alpha value is -1.60. The number of rotatable bonds is 3. The fraction of sp³-hybridized carbons (Fsp3) is 0.0769. The molecular formula is C13H12BrFN2O2S. The van der Waals surface area contributed by atoms with Crippen LogP contribution in [-0.2, 0) is 10.0 Å². The van der Waals surface area contributed by atoms with Gasteiger partial charge in [-0.2, -0.15) is 0 Å². The van der Waals surface area contributed by atoms with Gasteiger partial charge in [-0.3, -0.25) is 4.72 Å². The van der Waals surface area contributed by atoms with Crippen LogP contribution in [0, 0.1) is 12.7 Å². The summed E-state index contributed by atoms with van der Waals surface area (Å²) in [6.07, 6.45) is 0. The highest BCUT2D eigenvalue weighted by Gasteiger charge is 2.17. The molecule has 7 heteroatoms. The number of halogens is 2. The van der Waals surface area contributed by atoms with Gasteiger partial charge in [0, 0.05) is 10.2 Å². The lowest BCUT2D eigenvalue weighted by molar-refractivity contribution is 0.598. The summed E-state index contributed by atoms with van der Waals surface area (Å²) in [7, 11) is -3.89. The SMILES string of the molecule is Cc1cc(N)cc(S(=O)(=O)Nc2cc(Br)ccc2F)c1. The summed E-state index contributed by atoms with van der Waals surface area (Å²) in [6.45, 7) is 1.73. The van der Waals surface area contributed by atoms with E-state index in [-0.39, 0.29) is 10.6 Å². The van der Waals surface area contributed by atoms with E-state index in [2.05, 4.69) is 20.7 Å². The van der Waals surface area contributed by atoms with Gasteiger partial charge in [-0.05, 0) is 48.9 Å². The maximum absolute atomic E-state index is 13.6. The first-order valence-electron chi connectivity index (χ1n) is 5.63. The van der Waals surface area contributed by atoms with Crippen LogP contribution in [0.3, 0.4) is 0 Å². The van der Waals surface area contributed by atoms with Gasteiger partial charge in [0.2, 0.25) is 0 Å². The molecule has 0 bridgehead atoms. The van der Waals surface area contributed by atoms with E-state index in [9.17, 15) is 12.8 Å². The first-order chi connectivity index (χ1) is 9.28. The molecule has 106 valence electrons. The Morgan fingerprint density at radius 1 is 1.20 bits per heavy atom. The molecule has 20 heavy (non-hydrogen) atoms. The minimum atomic E-state index is -3.89. The van der Waals surface area contributed by atoms with Crippen LogP contribution >= 0.6 is 15.9 Å². The molecule has 0 fully saturated rings. The van der Waals surface area contributed by atoms with Crippen molar-refractivity contribution in [3.63, 3.8) is 0 Å². The highest BCUT2D eigenvalue weighted by molar-refractivity contribution is 9.10. The number of anilines is 2. The van der Waals surface area contributed by atoms with Crippen LogP contribution in [-0.4, -0.2) is 8.42 Å².